The minimum absolute atomic E-state index is 0.355. The van der Waals surface area contributed by atoms with Crippen LogP contribution in [0.4, 0.5) is 5.69 Å². The average Bonchev–Trinajstić information content (AvgIpc) is 2.35. The molecule has 6 heteroatoms. The van der Waals surface area contributed by atoms with E-state index in [9.17, 15) is 4.79 Å². The molecule has 0 aliphatic rings. The zero-order valence-electron chi connectivity index (χ0n) is 10.1. The second kappa shape index (κ2) is 6.76. The van der Waals surface area contributed by atoms with E-state index >= 15 is 0 Å². The molecule has 1 aromatic carbocycles. The number of benzene rings is 1. The topological polar surface area (TPSA) is 67.8 Å². The summed E-state index contributed by atoms with van der Waals surface area (Å²) in [4.78, 5) is 10.3. The molecule has 2 N–H and O–H groups in total. The molecule has 1 rings (SSSR count). The highest BCUT2D eigenvalue weighted by Crippen LogP contribution is 2.35. The molecule has 5 nitrogen and oxygen atoms in total. The molecule has 0 fully saturated rings. The van der Waals surface area contributed by atoms with Crippen LogP contribution < -0.4 is 14.8 Å². The summed E-state index contributed by atoms with van der Waals surface area (Å²) in [7, 11) is 3.04. The van der Waals surface area contributed by atoms with Crippen molar-refractivity contribution in [2.45, 2.75) is 0 Å². The molecule has 0 aliphatic heterocycles. The minimum Gasteiger partial charge on any atom is -0.495 e. The van der Waals surface area contributed by atoms with E-state index in [0.29, 0.717) is 28.8 Å². The Morgan fingerprint density at radius 2 is 2.06 bits per heavy atom. The van der Waals surface area contributed by atoms with Gasteiger partial charge in [0.25, 0.3) is 0 Å². The summed E-state index contributed by atoms with van der Waals surface area (Å²) in [5.74, 6) is 0.0872. The molecule has 0 aliphatic carbocycles. The molecule has 98 valence electrons. The predicted molar refractivity (Wildman–Crippen MR) is 69.8 cm³/mol. The van der Waals surface area contributed by atoms with Gasteiger partial charge < -0.3 is 19.9 Å². The molecule has 0 saturated carbocycles. The Balaban J connectivity index is 2.83. The number of halogens is 1. The summed E-state index contributed by atoms with van der Waals surface area (Å²) in [6.07, 6.45) is 2.55. The summed E-state index contributed by atoms with van der Waals surface area (Å²) in [5.41, 5.74) is 0.675. The van der Waals surface area contributed by atoms with Gasteiger partial charge in [-0.1, -0.05) is 17.7 Å². The number of anilines is 1. The van der Waals surface area contributed by atoms with E-state index < -0.39 is 5.97 Å². The Morgan fingerprint density at radius 3 is 2.61 bits per heavy atom. The number of aliphatic carboxylic acids is 1. The average molecular weight is 272 g/mol. The van der Waals surface area contributed by atoms with Gasteiger partial charge in [-0.3, -0.25) is 0 Å². The van der Waals surface area contributed by atoms with Crippen LogP contribution in [-0.2, 0) is 4.79 Å². The van der Waals surface area contributed by atoms with Gasteiger partial charge in [0.2, 0.25) is 0 Å². The first-order valence-electron chi connectivity index (χ1n) is 5.13. The smallest absolute Gasteiger partial charge is 0.328 e. The van der Waals surface area contributed by atoms with Crippen LogP contribution in [0.25, 0.3) is 0 Å². The molecular weight excluding hydrogens is 258 g/mol. The van der Waals surface area contributed by atoms with E-state index in [1.54, 1.807) is 12.1 Å². The molecule has 18 heavy (non-hydrogen) atoms. The molecule has 0 unspecified atom stereocenters. The minimum atomic E-state index is -0.988. The normalized spacial score (nSPS) is 10.4. The second-order valence-corrected chi connectivity index (χ2v) is 3.72. The fraction of sp³-hybridized carbons (Fsp3) is 0.250. The number of ether oxygens (including phenoxy) is 2. The quantitative estimate of drug-likeness (QED) is 0.778. The van der Waals surface area contributed by atoms with Crippen molar-refractivity contribution in [1.82, 2.24) is 0 Å². The van der Waals surface area contributed by atoms with Gasteiger partial charge in [-0.2, -0.15) is 0 Å². The van der Waals surface area contributed by atoms with Crippen molar-refractivity contribution >= 4 is 23.3 Å². The fourth-order valence-electron chi connectivity index (χ4n) is 1.33. The van der Waals surface area contributed by atoms with E-state index in [4.69, 9.17) is 26.2 Å². The molecule has 0 aromatic heterocycles. The van der Waals surface area contributed by atoms with Crippen molar-refractivity contribution in [2.24, 2.45) is 0 Å². The van der Waals surface area contributed by atoms with Crippen molar-refractivity contribution in [3.63, 3.8) is 0 Å². The number of carboxylic acid groups (broad SMARTS) is 1. The van der Waals surface area contributed by atoms with Crippen molar-refractivity contribution in [1.29, 1.82) is 0 Å². The van der Waals surface area contributed by atoms with Gasteiger partial charge >= 0.3 is 5.97 Å². The number of rotatable bonds is 6. The summed E-state index contributed by atoms with van der Waals surface area (Å²) in [6, 6.07) is 3.32. The van der Waals surface area contributed by atoms with Crippen molar-refractivity contribution in [2.75, 3.05) is 26.1 Å². The molecule has 0 atom stereocenters. The van der Waals surface area contributed by atoms with E-state index in [0.717, 1.165) is 6.08 Å². The van der Waals surface area contributed by atoms with Gasteiger partial charge in [-0.15, -0.1) is 0 Å². The van der Waals surface area contributed by atoms with Gasteiger partial charge in [0.05, 0.1) is 24.9 Å². The highest BCUT2D eigenvalue weighted by Gasteiger charge is 2.08. The molecule has 1 aromatic rings. The first-order chi connectivity index (χ1) is 8.58. The van der Waals surface area contributed by atoms with Crippen molar-refractivity contribution in [3.8, 4) is 11.5 Å². The lowest BCUT2D eigenvalue weighted by Gasteiger charge is -2.12. The highest BCUT2D eigenvalue weighted by molar-refractivity contribution is 6.32. The van der Waals surface area contributed by atoms with Gasteiger partial charge in [0.1, 0.15) is 11.5 Å². The number of carbonyl (C=O) groups is 1. The molecule has 0 heterocycles. The highest BCUT2D eigenvalue weighted by atomic mass is 35.5. The van der Waals surface area contributed by atoms with E-state index in [-0.39, 0.29) is 0 Å². The van der Waals surface area contributed by atoms with E-state index in [1.807, 2.05) is 0 Å². The van der Waals surface area contributed by atoms with Crippen LogP contribution in [0.3, 0.4) is 0 Å². The van der Waals surface area contributed by atoms with Gasteiger partial charge in [0.15, 0.2) is 0 Å². The zero-order chi connectivity index (χ0) is 13.5. The molecule has 0 radical (unpaired) electrons. The lowest BCUT2D eigenvalue weighted by molar-refractivity contribution is -0.131. The summed E-state index contributed by atoms with van der Waals surface area (Å²) >= 11 is 5.96. The molecule has 0 spiro atoms. The van der Waals surface area contributed by atoms with Crippen LogP contribution in [0.15, 0.2) is 24.3 Å². The standard InChI is InChI=1S/C12H14ClNO4/c1-17-10-7-9(11(18-2)6-8(10)13)14-5-3-4-12(15)16/h3-4,6-7,14H,5H2,1-2H3,(H,15,16)/b4-3+. The SMILES string of the molecule is COc1cc(NC/C=C/C(=O)O)c(OC)cc1Cl. The lowest BCUT2D eigenvalue weighted by Crippen LogP contribution is -2.02. The zero-order valence-corrected chi connectivity index (χ0v) is 10.8. The Kier molecular flexibility index (Phi) is 5.32. The number of hydrogen-bond acceptors (Lipinski definition) is 4. The third-order valence-corrected chi connectivity index (χ3v) is 2.44. The molecule has 0 saturated heterocycles. The number of nitrogens with one attached hydrogen (secondary N) is 1. The van der Waals surface area contributed by atoms with E-state index in [1.165, 1.54) is 20.3 Å². The van der Waals surface area contributed by atoms with Crippen molar-refractivity contribution in [3.05, 3.63) is 29.3 Å². The third-order valence-electron chi connectivity index (χ3n) is 2.14. The maximum Gasteiger partial charge on any atom is 0.328 e. The monoisotopic (exact) mass is 271 g/mol. The number of methoxy groups -OCH3 is 2. The van der Waals surface area contributed by atoms with Crippen LogP contribution >= 0.6 is 11.6 Å². The molecule has 0 amide bonds. The largest absolute Gasteiger partial charge is 0.495 e. The summed E-state index contributed by atoms with van der Waals surface area (Å²) in [5, 5.41) is 11.9. The van der Waals surface area contributed by atoms with Gasteiger partial charge in [-0.25, -0.2) is 4.79 Å². The Morgan fingerprint density at radius 1 is 1.39 bits per heavy atom. The maximum absolute atomic E-state index is 10.3. The van der Waals surface area contributed by atoms with Crippen molar-refractivity contribution < 1.29 is 19.4 Å². The summed E-state index contributed by atoms with van der Waals surface area (Å²) < 4.78 is 10.3. The van der Waals surface area contributed by atoms with Crippen LogP contribution in [0.2, 0.25) is 5.02 Å². The first kappa shape index (κ1) is 14.2. The molecule has 0 bridgehead atoms. The third kappa shape index (κ3) is 3.85. The maximum atomic E-state index is 10.3. The molecular formula is C12H14ClNO4. The van der Waals surface area contributed by atoms with Gasteiger partial charge in [0, 0.05) is 24.8 Å². The lowest BCUT2D eigenvalue weighted by atomic mass is 10.2. The Labute approximate surface area is 110 Å². The second-order valence-electron chi connectivity index (χ2n) is 3.31. The fourth-order valence-corrected chi connectivity index (χ4v) is 1.56. The van der Waals surface area contributed by atoms with Crippen LogP contribution in [0.5, 0.6) is 11.5 Å². The number of hydrogen-bond donors (Lipinski definition) is 2. The summed E-state index contributed by atoms with van der Waals surface area (Å²) in [6.45, 7) is 0.355. The van der Waals surface area contributed by atoms with Crippen LogP contribution in [0.1, 0.15) is 0 Å². The Hall–Kier alpha value is -1.88. The first-order valence-corrected chi connectivity index (χ1v) is 5.51. The Bertz CT molecular complexity index is 460. The predicted octanol–water partition coefficient (Wildman–Crippen LogP) is 2.41. The number of carboxylic acids is 1. The van der Waals surface area contributed by atoms with E-state index in [2.05, 4.69) is 5.32 Å². The van der Waals surface area contributed by atoms with Crippen LogP contribution in [0, 0.1) is 0 Å². The van der Waals surface area contributed by atoms with Gasteiger partial charge in [-0.05, 0) is 0 Å². The van der Waals surface area contributed by atoms with Crippen LogP contribution in [-0.4, -0.2) is 31.8 Å².